The van der Waals surface area contributed by atoms with Crippen molar-refractivity contribution in [2.45, 2.75) is 32.7 Å². The first kappa shape index (κ1) is 15.2. The van der Waals surface area contributed by atoms with Crippen molar-refractivity contribution < 1.29 is 0 Å². The van der Waals surface area contributed by atoms with E-state index in [0.29, 0.717) is 0 Å². The Balaban J connectivity index is 2.24. The molecular formula is C15H21BrN4. The molecule has 4 nitrogen and oxygen atoms in total. The predicted molar refractivity (Wildman–Crippen MR) is 84.6 cm³/mol. The summed E-state index contributed by atoms with van der Waals surface area (Å²) in [6.07, 6.45) is 3.55. The summed E-state index contributed by atoms with van der Waals surface area (Å²) >= 11 is 3.68. The normalized spacial score (nSPS) is 12.6. The maximum Gasteiger partial charge on any atom is 0.138 e. The first-order chi connectivity index (χ1) is 9.61. The summed E-state index contributed by atoms with van der Waals surface area (Å²) in [6.45, 7) is 5.27. The lowest BCUT2D eigenvalue weighted by Crippen LogP contribution is -2.25. The van der Waals surface area contributed by atoms with Gasteiger partial charge in [0.05, 0.1) is 0 Å². The fourth-order valence-electron chi connectivity index (χ4n) is 2.21. The van der Waals surface area contributed by atoms with E-state index in [4.69, 9.17) is 0 Å². The molecular weight excluding hydrogens is 316 g/mol. The summed E-state index contributed by atoms with van der Waals surface area (Å²) < 4.78 is 2.98. The van der Waals surface area contributed by atoms with Gasteiger partial charge in [-0.2, -0.15) is 5.10 Å². The van der Waals surface area contributed by atoms with E-state index < -0.39 is 0 Å². The summed E-state index contributed by atoms with van der Waals surface area (Å²) in [5.74, 6) is 0.992. The Bertz CT molecular complexity index is 565. The molecule has 1 aromatic heterocycles. The Morgan fingerprint density at radius 3 is 2.80 bits per heavy atom. The first-order valence-electron chi connectivity index (χ1n) is 6.94. The van der Waals surface area contributed by atoms with Crippen LogP contribution >= 0.6 is 15.9 Å². The first-order valence-corrected chi connectivity index (χ1v) is 7.73. The lowest BCUT2D eigenvalue weighted by molar-refractivity contribution is 0.505. The lowest BCUT2D eigenvalue weighted by atomic mass is 10.0. The summed E-state index contributed by atoms with van der Waals surface area (Å²) in [5, 5.41) is 7.75. The van der Waals surface area contributed by atoms with E-state index >= 15 is 0 Å². The van der Waals surface area contributed by atoms with Gasteiger partial charge < -0.3 is 5.32 Å². The van der Waals surface area contributed by atoms with Crippen molar-refractivity contribution in [1.82, 2.24) is 20.1 Å². The summed E-state index contributed by atoms with van der Waals surface area (Å²) in [5.41, 5.74) is 2.53. The van der Waals surface area contributed by atoms with Crippen molar-refractivity contribution in [3.63, 3.8) is 0 Å². The van der Waals surface area contributed by atoms with E-state index in [9.17, 15) is 0 Å². The Morgan fingerprint density at radius 1 is 1.40 bits per heavy atom. The Kier molecular flexibility index (Phi) is 5.31. The van der Waals surface area contributed by atoms with E-state index in [1.807, 2.05) is 11.7 Å². The van der Waals surface area contributed by atoms with Gasteiger partial charge in [-0.15, -0.1) is 0 Å². The molecule has 1 unspecified atom stereocenters. The Hall–Kier alpha value is -1.20. The molecule has 0 saturated heterocycles. The van der Waals surface area contributed by atoms with Gasteiger partial charge in [0, 0.05) is 24.0 Å². The molecule has 108 valence electrons. The highest BCUT2D eigenvalue weighted by atomic mass is 79.9. The van der Waals surface area contributed by atoms with Gasteiger partial charge in [0.25, 0.3) is 0 Å². The van der Waals surface area contributed by atoms with Crippen molar-refractivity contribution in [3.8, 4) is 0 Å². The van der Waals surface area contributed by atoms with Crippen molar-refractivity contribution in [2.75, 3.05) is 6.54 Å². The monoisotopic (exact) mass is 336 g/mol. The molecule has 0 saturated carbocycles. The van der Waals surface area contributed by atoms with E-state index in [1.165, 1.54) is 11.1 Å². The van der Waals surface area contributed by atoms with E-state index in [2.05, 4.69) is 63.4 Å². The number of rotatable bonds is 6. The highest BCUT2D eigenvalue weighted by molar-refractivity contribution is 9.10. The summed E-state index contributed by atoms with van der Waals surface area (Å²) in [4.78, 5) is 4.33. The molecule has 0 bridgehead atoms. The topological polar surface area (TPSA) is 42.7 Å². The molecule has 0 fully saturated rings. The van der Waals surface area contributed by atoms with Gasteiger partial charge >= 0.3 is 0 Å². The number of hydrogen-bond donors (Lipinski definition) is 1. The molecule has 2 aromatic rings. The number of nitrogens with one attached hydrogen (secondary N) is 1. The molecule has 0 aliphatic rings. The molecule has 0 spiro atoms. The zero-order valence-corrected chi connectivity index (χ0v) is 13.8. The van der Waals surface area contributed by atoms with Crippen LogP contribution in [0.15, 0.2) is 29.0 Å². The second-order valence-corrected chi connectivity index (χ2v) is 5.89. The third-order valence-electron chi connectivity index (χ3n) is 3.36. The van der Waals surface area contributed by atoms with Crippen LogP contribution in [-0.4, -0.2) is 21.3 Å². The van der Waals surface area contributed by atoms with Crippen LogP contribution in [-0.2, 0) is 13.5 Å². The molecule has 1 heterocycles. The number of hydrogen-bond acceptors (Lipinski definition) is 3. The molecule has 2 rings (SSSR count). The number of aryl methyl sites for hydroxylation is 2. The van der Waals surface area contributed by atoms with Gasteiger partial charge in [-0.05, 0) is 37.1 Å². The maximum atomic E-state index is 4.33. The number of benzene rings is 1. The van der Waals surface area contributed by atoms with Gasteiger partial charge in [-0.1, -0.05) is 35.0 Å². The third-order valence-corrected chi connectivity index (χ3v) is 4.05. The maximum absolute atomic E-state index is 4.33. The van der Waals surface area contributed by atoms with Crippen LogP contribution in [0.1, 0.15) is 36.3 Å². The zero-order chi connectivity index (χ0) is 14.5. The number of halogens is 1. The van der Waals surface area contributed by atoms with E-state index in [0.717, 1.165) is 29.7 Å². The van der Waals surface area contributed by atoms with Crippen LogP contribution in [0, 0.1) is 6.92 Å². The Morgan fingerprint density at radius 2 is 2.20 bits per heavy atom. The molecule has 1 N–H and O–H groups in total. The number of aromatic nitrogens is 3. The Labute approximate surface area is 128 Å². The zero-order valence-electron chi connectivity index (χ0n) is 12.2. The van der Waals surface area contributed by atoms with Gasteiger partial charge in [-0.3, -0.25) is 4.68 Å². The van der Waals surface area contributed by atoms with E-state index in [-0.39, 0.29) is 6.04 Å². The third kappa shape index (κ3) is 3.67. The van der Waals surface area contributed by atoms with E-state index in [1.54, 1.807) is 6.33 Å². The van der Waals surface area contributed by atoms with Crippen LogP contribution in [0.4, 0.5) is 0 Å². The average molecular weight is 337 g/mol. The SMILES string of the molecule is CCCNC(Cc1ncnn1C)c1ccc(C)cc1Br. The molecule has 0 radical (unpaired) electrons. The smallest absolute Gasteiger partial charge is 0.138 e. The molecule has 0 aliphatic carbocycles. The van der Waals surface area contributed by atoms with Crippen LogP contribution < -0.4 is 5.32 Å². The fourth-order valence-corrected chi connectivity index (χ4v) is 2.98. The van der Waals surface area contributed by atoms with Crippen LogP contribution in [0.3, 0.4) is 0 Å². The fraction of sp³-hybridized carbons (Fsp3) is 0.467. The van der Waals surface area contributed by atoms with Gasteiger partial charge in [0.2, 0.25) is 0 Å². The minimum atomic E-state index is 0.243. The number of nitrogens with zero attached hydrogens (tertiary/aromatic N) is 3. The van der Waals surface area contributed by atoms with Crippen LogP contribution in [0.2, 0.25) is 0 Å². The van der Waals surface area contributed by atoms with Gasteiger partial charge in [-0.25, -0.2) is 4.98 Å². The van der Waals surface area contributed by atoms with Crippen molar-refractivity contribution in [3.05, 3.63) is 46.0 Å². The molecule has 0 aliphatic heterocycles. The predicted octanol–water partition coefficient (Wildman–Crippen LogP) is 3.17. The van der Waals surface area contributed by atoms with Gasteiger partial charge in [0.15, 0.2) is 0 Å². The lowest BCUT2D eigenvalue weighted by Gasteiger charge is -2.20. The van der Waals surface area contributed by atoms with Gasteiger partial charge in [0.1, 0.15) is 12.2 Å². The second-order valence-electron chi connectivity index (χ2n) is 5.04. The molecule has 5 heteroatoms. The minimum absolute atomic E-state index is 0.243. The van der Waals surface area contributed by atoms with Crippen molar-refractivity contribution in [2.24, 2.45) is 7.05 Å². The largest absolute Gasteiger partial charge is 0.310 e. The van der Waals surface area contributed by atoms with Crippen LogP contribution in [0.25, 0.3) is 0 Å². The highest BCUT2D eigenvalue weighted by Gasteiger charge is 2.17. The molecule has 20 heavy (non-hydrogen) atoms. The molecule has 1 aromatic carbocycles. The van der Waals surface area contributed by atoms with Crippen molar-refractivity contribution in [1.29, 1.82) is 0 Å². The summed E-state index contributed by atoms with van der Waals surface area (Å²) in [6, 6.07) is 6.74. The molecule has 0 amide bonds. The standard InChI is InChI=1S/C15H21BrN4/c1-4-7-17-14(9-15-18-10-19-20(15)3)12-6-5-11(2)8-13(12)16/h5-6,8,10,14,17H,4,7,9H2,1-3H3. The summed E-state index contributed by atoms with van der Waals surface area (Å²) in [7, 11) is 1.93. The highest BCUT2D eigenvalue weighted by Crippen LogP contribution is 2.26. The quantitative estimate of drug-likeness (QED) is 0.880. The van der Waals surface area contributed by atoms with Crippen molar-refractivity contribution >= 4 is 15.9 Å². The van der Waals surface area contributed by atoms with Crippen LogP contribution in [0.5, 0.6) is 0 Å². The average Bonchev–Trinajstić information content (AvgIpc) is 2.80. The second kappa shape index (κ2) is 6.99. The minimum Gasteiger partial charge on any atom is -0.310 e. The molecule has 1 atom stereocenters.